The largest absolute Gasteiger partial charge is 0.497 e. The molecule has 0 radical (unpaired) electrons. The summed E-state index contributed by atoms with van der Waals surface area (Å²) in [5.74, 6) is -0.0618. The molecule has 0 heterocycles. The second-order valence-electron chi connectivity index (χ2n) is 3.93. The minimum absolute atomic E-state index is 0.0605. The van der Waals surface area contributed by atoms with Gasteiger partial charge in [0.1, 0.15) is 5.75 Å². The van der Waals surface area contributed by atoms with Crippen LogP contribution in [0.2, 0.25) is 0 Å². The molecule has 0 aliphatic heterocycles. The van der Waals surface area contributed by atoms with Crippen LogP contribution in [0, 0.1) is 0 Å². The minimum Gasteiger partial charge on any atom is -0.497 e. The molecule has 1 rings (SSSR count). The summed E-state index contributed by atoms with van der Waals surface area (Å²) >= 11 is 0. The van der Waals surface area contributed by atoms with Crippen LogP contribution >= 0.6 is 0 Å². The molecule has 0 fully saturated rings. The topological polar surface area (TPSA) is 64.3 Å². The number of nitrogens with one attached hydrogen (secondary N) is 1. The summed E-state index contributed by atoms with van der Waals surface area (Å²) < 4.78 is 40.7. The minimum atomic E-state index is -4.21. The van der Waals surface area contributed by atoms with E-state index in [2.05, 4.69) is 5.32 Å². The molecule has 0 unspecified atom stereocenters. The van der Waals surface area contributed by atoms with Crippen LogP contribution in [0.4, 0.5) is 18.9 Å². The molecule has 3 N–H and O–H groups in total. The molecule has 0 aliphatic rings. The summed E-state index contributed by atoms with van der Waals surface area (Å²) in [4.78, 5) is 11.7. The smallest absolute Gasteiger partial charge is 0.389 e. The fourth-order valence-corrected chi connectivity index (χ4v) is 1.44. The number of halogens is 3. The first kappa shape index (κ1) is 15.1. The average molecular weight is 276 g/mol. The van der Waals surface area contributed by atoms with Crippen LogP contribution in [0.1, 0.15) is 23.2 Å². The van der Waals surface area contributed by atoms with E-state index in [1.165, 1.54) is 19.2 Å². The lowest BCUT2D eigenvalue weighted by molar-refractivity contribution is -0.135. The first-order valence-corrected chi connectivity index (χ1v) is 5.62. The molecule has 0 bridgehead atoms. The van der Waals surface area contributed by atoms with Crippen LogP contribution in [0.5, 0.6) is 5.75 Å². The Bertz CT molecular complexity index is 447. The van der Waals surface area contributed by atoms with Crippen LogP contribution in [0.3, 0.4) is 0 Å². The summed E-state index contributed by atoms with van der Waals surface area (Å²) in [6, 6.07) is 4.54. The lowest BCUT2D eigenvalue weighted by Gasteiger charge is -2.10. The van der Waals surface area contributed by atoms with Crippen molar-refractivity contribution in [3.63, 3.8) is 0 Å². The highest BCUT2D eigenvalue weighted by Crippen LogP contribution is 2.21. The monoisotopic (exact) mass is 276 g/mol. The molecule has 1 aromatic carbocycles. The van der Waals surface area contributed by atoms with Gasteiger partial charge in [0.15, 0.2) is 0 Å². The van der Waals surface area contributed by atoms with Crippen molar-refractivity contribution in [2.45, 2.75) is 19.0 Å². The maximum atomic E-state index is 11.9. The normalized spacial score (nSPS) is 11.2. The van der Waals surface area contributed by atoms with Gasteiger partial charge in [0.25, 0.3) is 5.91 Å². The number of nitrogens with two attached hydrogens (primary N) is 1. The molecule has 4 nitrogen and oxygen atoms in total. The highest BCUT2D eigenvalue weighted by atomic mass is 19.4. The van der Waals surface area contributed by atoms with E-state index >= 15 is 0 Å². The molecule has 1 aromatic rings. The van der Waals surface area contributed by atoms with E-state index in [0.717, 1.165) is 0 Å². The number of carbonyl (C=O) groups excluding carboxylic acids is 1. The first-order valence-electron chi connectivity index (χ1n) is 5.62. The van der Waals surface area contributed by atoms with Gasteiger partial charge >= 0.3 is 6.18 Å². The number of alkyl halides is 3. The Morgan fingerprint density at radius 2 is 2.11 bits per heavy atom. The van der Waals surface area contributed by atoms with E-state index in [4.69, 9.17) is 10.5 Å². The van der Waals surface area contributed by atoms with E-state index in [1.54, 1.807) is 6.07 Å². The zero-order valence-electron chi connectivity index (χ0n) is 10.4. The lowest BCUT2D eigenvalue weighted by Crippen LogP contribution is -2.26. The molecule has 0 saturated heterocycles. The molecular formula is C12H15F3N2O2. The van der Waals surface area contributed by atoms with Crippen LogP contribution in [0.15, 0.2) is 18.2 Å². The number of nitrogen functional groups attached to an aromatic ring is 1. The first-order chi connectivity index (χ1) is 8.83. The van der Waals surface area contributed by atoms with Gasteiger partial charge in [-0.25, -0.2) is 0 Å². The van der Waals surface area contributed by atoms with Crippen LogP contribution < -0.4 is 15.8 Å². The summed E-state index contributed by atoms with van der Waals surface area (Å²) in [6.45, 7) is -0.0605. The summed E-state index contributed by atoms with van der Waals surface area (Å²) in [6.07, 6.45) is -5.31. The van der Waals surface area contributed by atoms with E-state index in [-0.39, 0.29) is 24.2 Å². The Balaban J connectivity index is 2.54. The zero-order chi connectivity index (χ0) is 14.5. The highest BCUT2D eigenvalue weighted by Gasteiger charge is 2.26. The molecule has 0 aliphatic carbocycles. The van der Waals surface area contributed by atoms with Crippen molar-refractivity contribution >= 4 is 11.6 Å². The van der Waals surface area contributed by atoms with Gasteiger partial charge in [0, 0.05) is 18.7 Å². The molecular weight excluding hydrogens is 261 g/mol. The van der Waals surface area contributed by atoms with Gasteiger partial charge in [-0.05, 0) is 24.6 Å². The van der Waals surface area contributed by atoms with Crippen molar-refractivity contribution in [3.05, 3.63) is 23.8 Å². The Kier molecular flexibility index (Phi) is 5.02. The number of anilines is 1. The molecule has 0 aromatic heterocycles. The van der Waals surface area contributed by atoms with Crippen molar-refractivity contribution in [2.75, 3.05) is 19.4 Å². The molecule has 0 spiro atoms. The van der Waals surface area contributed by atoms with E-state index in [0.29, 0.717) is 5.75 Å². The maximum Gasteiger partial charge on any atom is 0.389 e. The Labute approximate surface area is 108 Å². The number of ether oxygens (including phenoxy) is 1. The number of benzene rings is 1. The van der Waals surface area contributed by atoms with Crippen molar-refractivity contribution in [1.29, 1.82) is 0 Å². The van der Waals surface area contributed by atoms with Gasteiger partial charge in [0.2, 0.25) is 0 Å². The summed E-state index contributed by atoms with van der Waals surface area (Å²) in [5, 5.41) is 2.39. The third-order valence-corrected chi connectivity index (χ3v) is 2.43. The predicted molar refractivity (Wildman–Crippen MR) is 65.0 cm³/mol. The van der Waals surface area contributed by atoms with Crippen molar-refractivity contribution < 1.29 is 22.7 Å². The number of rotatable bonds is 5. The number of hydrogen-bond acceptors (Lipinski definition) is 3. The van der Waals surface area contributed by atoms with Gasteiger partial charge in [-0.2, -0.15) is 13.2 Å². The number of carbonyl (C=O) groups is 1. The Hall–Kier alpha value is -1.92. The van der Waals surface area contributed by atoms with Crippen molar-refractivity contribution in [3.8, 4) is 5.75 Å². The highest BCUT2D eigenvalue weighted by molar-refractivity contribution is 5.99. The molecule has 1 amide bonds. The van der Waals surface area contributed by atoms with Crippen molar-refractivity contribution in [1.82, 2.24) is 5.32 Å². The van der Waals surface area contributed by atoms with E-state index < -0.39 is 18.5 Å². The number of methoxy groups -OCH3 is 1. The summed E-state index contributed by atoms with van der Waals surface area (Å²) in [7, 11) is 1.44. The van der Waals surface area contributed by atoms with E-state index in [1.807, 2.05) is 0 Å². The fraction of sp³-hybridized carbons (Fsp3) is 0.417. The van der Waals surface area contributed by atoms with Gasteiger partial charge in [-0.3, -0.25) is 4.79 Å². The number of amides is 1. The standard InChI is InChI=1S/C12H15F3N2O2/c1-19-8-3-4-10(16)9(7-8)11(18)17-6-2-5-12(13,14)15/h3-4,7H,2,5-6,16H2,1H3,(H,17,18). The maximum absolute atomic E-state index is 11.9. The summed E-state index contributed by atoms with van der Waals surface area (Å²) in [5.41, 5.74) is 6.05. The van der Waals surface area contributed by atoms with Crippen LogP contribution in [0.25, 0.3) is 0 Å². The second kappa shape index (κ2) is 6.31. The zero-order valence-corrected chi connectivity index (χ0v) is 10.4. The molecule has 0 saturated carbocycles. The Morgan fingerprint density at radius 1 is 1.42 bits per heavy atom. The third kappa shape index (κ3) is 5.07. The lowest BCUT2D eigenvalue weighted by atomic mass is 10.1. The number of hydrogen-bond donors (Lipinski definition) is 2. The van der Waals surface area contributed by atoms with Crippen LogP contribution in [-0.4, -0.2) is 25.7 Å². The SMILES string of the molecule is COc1ccc(N)c(C(=O)NCCCC(F)(F)F)c1. The molecule has 7 heteroatoms. The fourth-order valence-electron chi connectivity index (χ4n) is 1.44. The van der Waals surface area contributed by atoms with Gasteiger partial charge in [-0.15, -0.1) is 0 Å². The Morgan fingerprint density at radius 3 is 2.68 bits per heavy atom. The van der Waals surface area contributed by atoms with Gasteiger partial charge in [-0.1, -0.05) is 0 Å². The van der Waals surface area contributed by atoms with E-state index in [9.17, 15) is 18.0 Å². The molecule has 0 atom stereocenters. The third-order valence-electron chi connectivity index (χ3n) is 2.43. The predicted octanol–water partition coefficient (Wildman–Crippen LogP) is 2.35. The van der Waals surface area contributed by atoms with Crippen molar-refractivity contribution in [2.24, 2.45) is 0 Å². The average Bonchev–Trinajstić information content (AvgIpc) is 2.34. The van der Waals surface area contributed by atoms with Crippen LogP contribution in [-0.2, 0) is 0 Å². The quantitative estimate of drug-likeness (QED) is 0.641. The van der Waals surface area contributed by atoms with Gasteiger partial charge < -0.3 is 15.8 Å². The molecule has 19 heavy (non-hydrogen) atoms. The van der Waals surface area contributed by atoms with Gasteiger partial charge in [0.05, 0.1) is 12.7 Å². The second-order valence-corrected chi connectivity index (χ2v) is 3.93. The molecule has 106 valence electrons.